The fourth-order valence-electron chi connectivity index (χ4n) is 3.78. The second-order valence-corrected chi connectivity index (χ2v) is 13.0. The summed E-state index contributed by atoms with van der Waals surface area (Å²) in [7, 11) is -7.00. The minimum atomic E-state index is -3.53. The molecule has 0 aromatic heterocycles. The molecular formula is C25H35N3O5S2. The Hall–Kier alpha value is -2.27. The summed E-state index contributed by atoms with van der Waals surface area (Å²) in [6.07, 6.45) is 3.59. The molecule has 2 N–H and O–H groups in total. The molecule has 0 radical (unpaired) electrons. The van der Waals surface area contributed by atoms with Crippen LogP contribution in [0.4, 0.5) is 0 Å². The number of carbonyl (C=O) groups is 1. The number of rotatable bonds is 11. The zero-order valence-electron chi connectivity index (χ0n) is 20.4. The molecule has 35 heavy (non-hydrogen) atoms. The molecule has 1 aliphatic heterocycles. The van der Waals surface area contributed by atoms with Gasteiger partial charge < -0.3 is 5.32 Å². The summed E-state index contributed by atoms with van der Waals surface area (Å²) in [5.74, 6) is 0.0819. The lowest BCUT2D eigenvalue weighted by Crippen LogP contribution is -2.35. The molecule has 3 rings (SSSR count). The van der Waals surface area contributed by atoms with Crippen LogP contribution in [0.25, 0.3) is 0 Å². The maximum Gasteiger partial charge on any atom is 0.243 e. The van der Waals surface area contributed by atoms with Crippen LogP contribution in [0.2, 0.25) is 0 Å². The van der Waals surface area contributed by atoms with E-state index in [9.17, 15) is 21.6 Å². The van der Waals surface area contributed by atoms with Crippen molar-refractivity contribution in [1.29, 1.82) is 0 Å². The average Bonchev–Trinajstić information content (AvgIpc) is 2.86. The van der Waals surface area contributed by atoms with Crippen LogP contribution in [-0.4, -0.2) is 46.7 Å². The fourth-order valence-corrected chi connectivity index (χ4v) is 6.51. The number of hydrogen-bond acceptors (Lipinski definition) is 5. The summed E-state index contributed by atoms with van der Waals surface area (Å²) < 4.78 is 54.2. The number of hydrogen-bond donors (Lipinski definition) is 2. The molecule has 0 unspecified atom stereocenters. The summed E-state index contributed by atoms with van der Waals surface area (Å²) in [6, 6.07) is 13.2. The maximum atomic E-state index is 12.7. The second kappa shape index (κ2) is 12.1. The Bertz CT molecular complexity index is 1190. The normalized spacial score (nSPS) is 15.3. The van der Waals surface area contributed by atoms with Crippen molar-refractivity contribution in [2.75, 3.05) is 19.6 Å². The standard InChI is InChI=1S/C25H35N3O5S2/c1-20(2)18-27-34(30,31)23-11-6-21(7-12-23)10-15-25(29)26-19-22-8-13-24(14-9-22)35(32,33)28-16-4-3-5-17-28/h6-9,11-14,20,27H,3-5,10,15-19H2,1-2H3,(H,26,29). The van der Waals surface area contributed by atoms with E-state index < -0.39 is 20.0 Å². The van der Waals surface area contributed by atoms with Crippen molar-refractivity contribution in [3.63, 3.8) is 0 Å². The van der Waals surface area contributed by atoms with Crippen LogP contribution in [-0.2, 0) is 37.8 Å². The maximum absolute atomic E-state index is 12.7. The lowest BCUT2D eigenvalue weighted by atomic mass is 10.1. The van der Waals surface area contributed by atoms with E-state index in [0.717, 1.165) is 30.4 Å². The predicted octanol–water partition coefficient (Wildman–Crippen LogP) is 3.04. The summed E-state index contributed by atoms with van der Waals surface area (Å²) in [6.45, 7) is 5.68. The molecule has 2 aromatic rings. The molecule has 2 aromatic carbocycles. The van der Waals surface area contributed by atoms with Gasteiger partial charge in [-0.3, -0.25) is 4.79 Å². The number of amides is 1. The molecule has 1 amide bonds. The van der Waals surface area contributed by atoms with Crippen LogP contribution in [0.15, 0.2) is 58.3 Å². The highest BCUT2D eigenvalue weighted by molar-refractivity contribution is 7.89. The average molecular weight is 522 g/mol. The van der Waals surface area contributed by atoms with Crippen molar-refractivity contribution in [3.05, 3.63) is 59.7 Å². The van der Waals surface area contributed by atoms with Gasteiger partial charge in [0.2, 0.25) is 26.0 Å². The highest BCUT2D eigenvalue weighted by Gasteiger charge is 2.25. The van der Waals surface area contributed by atoms with E-state index in [4.69, 9.17) is 0 Å². The summed E-state index contributed by atoms with van der Waals surface area (Å²) in [5.41, 5.74) is 1.69. The number of sulfonamides is 2. The van der Waals surface area contributed by atoms with Gasteiger partial charge in [0, 0.05) is 32.6 Å². The predicted molar refractivity (Wildman–Crippen MR) is 136 cm³/mol. The van der Waals surface area contributed by atoms with Crippen LogP contribution >= 0.6 is 0 Å². The quantitative estimate of drug-likeness (QED) is 0.472. The molecular weight excluding hydrogens is 486 g/mol. The van der Waals surface area contributed by atoms with Crippen molar-refractivity contribution < 1.29 is 21.6 Å². The number of aryl methyl sites for hydroxylation is 1. The van der Waals surface area contributed by atoms with E-state index in [1.165, 1.54) is 4.31 Å². The van der Waals surface area contributed by atoms with Crippen LogP contribution in [0.5, 0.6) is 0 Å². The number of benzene rings is 2. The van der Waals surface area contributed by atoms with E-state index in [1.54, 1.807) is 48.5 Å². The molecule has 0 aliphatic carbocycles. The van der Waals surface area contributed by atoms with E-state index in [1.807, 2.05) is 13.8 Å². The van der Waals surface area contributed by atoms with E-state index in [-0.39, 0.29) is 28.0 Å². The Morgan fingerprint density at radius 1 is 0.857 bits per heavy atom. The van der Waals surface area contributed by atoms with Crippen molar-refractivity contribution >= 4 is 26.0 Å². The minimum absolute atomic E-state index is 0.134. The molecule has 0 bridgehead atoms. The van der Waals surface area contributed by atoms with Crippen molar-refractivity contribution in [2.24, 2.45) is 5.92 Å². The second-order valence-electron chi connectivity index (χ2n) is 9.28. The van der Waals surface area contributed by atoms with Gasteiger partial charge in [-0.2, -0.15) is 4.31 Å². The third kappa shape index (κ3) is 7.86. The monoisotopic (exact) mass is 521 g/mol. The van der Waals surface area contributed by atoms with E-state index in [0.29, 0.717) is 32.6 Å². The molecule has 1 heterocycles. The first kappa shape index (κ1) is 27.3. The van der Waals surface area contributed by atoms with E-state index >= 15 is 0 Å². The smallest absolute Gasteiger partial charge is 0.243 e. The molecule has 0 spiro atoms. The van der Waals surface area contributed by atoms with Crippen molar-refractivity contribution in [1.82, 2.24) is 14.3 Å². The molecule has 1 fully saturated rings. The summed E-state index contributed by atoms with van der Waals surface area (Å²) >= 11 is 0. The Kier molecular flexibility index (Phi) is 9.46. The van der Waals surface area contributed by atoms with Crippen LogP contribution < -0.4 is 10.0 Å². The van der Waals surface area contributed by atoms with E-state index in [2.05, 4.69) is 10.0 Å². The minimum Gasteiger partial charge on any atom is -0.352 e. The SMILES string of the molecule is CC(C)CNS(=O)(=O)c1ccc(CCC(=O)NCc2ccc(S(=O)(=O)N3CCCCC3)cc2)cc1. The fraction of sp³-hybridized carbons (Fsp3) is 0.480. The Balaban J connectivity index is 1.46. The van der Waals surface area contributed by atoms with Gasteiger partial charge in [-0.1, -0.05) is 44.5 Å². The van der Waals surface area contributed by atoms with Gasteiger partial charge in [-0.15, -0.1) is 0 Å². The Labute approximate surface area is 209 Å². The lowest BCUT2D eigenvalue weighted by molar-refractivity contribution is -0.121. The van der Waals surface area contributed by atoms with Crippen molar-refractivity contribution in [3.8, 4) is 0 Å². The molecule has 10 heteroatoms. The summed E-state index contributed by atoms with van der Waals surface area (Å²) in [4.78, 5) is 12.8. The third-order valence-corrected chi connectivity index (χ3v) is 9.27. The molecule has 0 atom stereocenters. The van der Waals surface area contributed by atoms with Crippen LogP contribution in [0.3, 0.4) is 0 Å². The lowest BCUT2D eigenvalue weighted by Gasteiger charge is -2.25. The highest BCUT2D eigenvalue weighted by atomic mass is 32.2. The third-order valence-electron chi connectivity index (χ3n) is 5.92. The van der Waals surface area contributed by atoms with Gasteiger partial charge in [0.15, 0.2) is 0 Å². The molecule has 1 aliphatic rings. The topological polar surface area (TPSA) is 113 Å². The Morgan fingerprint density at radius 2 is 1.43 bits per heavy atom. The van der Waals surface area contributed by atoms with Crippen LogP contribution in [0.1, 0.15) is 50.7 Å². The van der Waals surface area contributed by atoms with Crippen LogP contribution in [0, 0.1) is 5.92 Å². The number of piperidine rings is 1. The molecule has 0 saturated carbocycles. The number of carbonyl (C=O) groups excluding carboxylic acids is 1. The van der Waals surface area contributed by atoms with Gasteiger partial charge in [0.25, 0.3) is 0 Å². The molecule has 1 saturated heterocycles. The van der Waals surface area contributed by atoms with Gasteiger partial charge >= 0.3 is 0 Å². The van der Waals surface area contributed by atoms with Gasteiger partial charge in [0.1, 0.15) is 0 Å². The number of nitrogens with one attached hydrogen (secondary N) is 2. The summed E-state index contributed by atoms with van der Waals surface area (Å²) in [5, 5.41) is 2.85. The zero-order chi connectivity index (χ0) is 25.5. The number of nitrogens with zero attached hydrogens (tertiary/aromatic N) is 1. The van der Waals surface area contributed by atoms with Crippen molar-refractivity contribution in [2.45, 2.75) is 62.3 Å². The Morgan fingerprint density at radius 3 is 2.03 bits per heavy atom. The highest BCUT2D eigenvalue weighted by Crippen LogP contribution is 2.21. The largest absolute Gasteiger partial charge is 0.352 e. The zero-order valence-corrected chi connectivity index (χ0v) is 22.0. The first-order valence-corrected chi connectivity index (χ1v) is 14.9. The van der Waals surface area contributed by atoms with Gasteiger partial charge in [-0.25, -0.2) is 21.6 Å². The first-order chi connectivity index (χ1) is 16.6. The molecule has 8 nitrogen and oxygen atoms in total. The van der Waals surface area contributed by atoms with Gasteiger partial charge in [0.05, 0.1) is 9.79 Å². The molecule has 192 valence electrons. The first-order valence-electron chi connectivity index (χ1n) is 12.0. The van der Waals surface area contributed by atoms with Gasteiger partial charge in [-0.05, 0) is 60.6 Å².